The van der Waals surface area contributed by atoms with E-state index in [0.717, 1.165) is 0 Å². The van der Waals surface area contributed by atoms with E-state index in [1.54, 1.807) is 6.92 Å². The van der Waals surface area contributed by atoms with Crippen molar-refractivity contribution in [2.75, 3.05) is 5.32 Å². The Bertz CT molecular complexity index is 824. The molecule has 0 bridgehead atoms. The van der Waals surface area contributed by atoms with E-state index in [2.05, 4.69) is 10.7 Å². The van der Waals surface area contributed by atoms with Crippen LogP contribution in [0.5, 0.6) is 0 Å². The summed E-state index contributed by atoms with van der Waals surface area (Å²) in [5.41, 5.74) is 2.80. The number of anilines is 1. The lowest BCUT2D eigenvalue weighted by molar-refractivity contribution is -0.114. The van der Waals surface area contributed by atoms with Crippen LogP contribution in [0.3, 0.4) is 0 Å². The zero-order valence-electron chi connectivity index (χ0n) is 12.4. The maximum atomic E-state index is 12.1. The van der Waals surface area contributed by atoms with Crippen LogP contribution in [-0.4, -0.2) is 20.2 Å². The third-order valence-electron chi connectivity index (χ3n) is 2.89. The lowest BCUT2D eigenvalue weighted by Crippen LogP contribution is -2.41. The van der Waals surface area contributed by atoms with E-state index < -0.39 is 15.9 Å². The molecule has 3 N–H and O–H groups in total. The Balaban J connectivity index is 2.05. The molecule has 0 atom stereocenters. The van der Waals surface area contributed by atoms with Crippen LogP contribution in [0.15, 0.2) is 45.9 Å². The van der Waals surface area contributed by atoms with Crippen molar-refractivity contribution in [3.63, 3.8) is 0 Å². The van der Waals surface area contributed by atoms with E-state index >= 15 is 0 Å². The predicted molar refractivity (Wildman–Crippen MR) is 82.0 cm³/mol. The molecule has 1 heterocycles. The molecule has 9 heteroatoms. The van der Waals surface area contributed by atoms with Crippen molar-refractivity contribution in [3.8, 4) is 0 Å². The fourth-order valence-corrected chi connectivity index (χ4v) is 2.62. The summed E-state index contributed by atoms with van der Waals surface area (Å²) in [7, 11) is -3.93. The Labute approximate surface area is 132 Å². The highest BCUT2D eigenvalue weighted by molar-refractivity contribution is 7.89. The van der Waals surface area contributed by atoms with Crippen LogP contribution >= 0.6 is 0 Å². The Morgan fingerprint density at radius 2 is 1.74 bits per heavy atom. The number of amides is 2. The number of rotatable bonds is 5. The van der Waals surface area contributed by atoms with Gasteiger partial charge in [0, 0.05) is 12.6 Å². The fourth-order valence-electron chi connectivity index (χ4n) is 1.78. The summed E-state index contributed by atoms with van der Waals surface area (Å²) in [6.45, 7) is 2.93. The molecule has 2 amide bonds. The van der Waals surface area contributed by atoms with Gasteiger partial charge in [-0.15, -0.1) is 4.83 Å². The molecule has 2 rings (SSSR count). The average molecular weight is 337 g/mol. The van der Waals surface area contributed by atoms with Crippen molar-refractivity contribution in [1.82, 2.24) is 10.3 Å². The van der Waals surface area contributed by atoms with Gasteiger partial charge in [-0.2, -0.15) is 0 Å². The summed E-state index contributed by atoms with van der Waals surface area (Å²) in [6.07, 6.45) is 1.33. The van der Waals surface area contributed by atoms with E-state index in [1.807, 2.05) is 4.83 Å². The maximum Gasteiger partial charge on any atom is 0.269 e. The van der Waals surface area contributed by atoms with Crippen molar-refractivity contribution >= 4 is 27.5 Å². The van der Waals surface area contributed by atoms with Gasteiger partial charge in [0.1, 0.15) is 5.76 Å². The molecule has 0 aliphatic heterocycles. The number of carbonyl (C=O) groups excluding carboxylic acids is 2. The highest BCUT2D eigenvalue weighted by Gasteiger charge is 2.17. The smallest absolute Gasteiger partial charge is 0.269 e. The van der Waals surface area contributed by atoms with Crippen molar-refractivity contribution < 1.29 is 22.4 Å². The molecule has 0 unspecified atom stereocenters. The number of hydrogen-bond acceptors (Lipinski definition) is 5. The first-order chi connectivity index (χ1) is 10.8. The summed E-state index contributed by atoms with van der Waals surface area (Å²) in [5, 5.41) is 2.52. The first kappa shape index (κ1) is 16.7. The van der Waals surface area contributed by atoms with Crippen molar-refractivity contribution in [3.05, 3.63) is 47.9 Å². The lowest BCUT2D eigenvalue weighted by Gasteiger charge is -2.09. The molecule has 0 aliphatic rings. The summed E-state index contributed by atoms with van der Waals surface area (Å²) in [5.74, 6) is -0.516. The summed E-state index contributed by atoms with van der Waals surface area (Å²) in [6, 6.07) is 6.93. The molecular weight excluding hydrogens is 322 g/mol. The lowest BCUT2D eigenvalue weighted by atomic mass is 10.2. The minimum Gasteiger partial charge on any atom is -0.469 e. The molecule has 122 valence electrons. The van der Waals surface area contributed by atoms with E-state index in [0.29, 0.717) is 11.4 Å². The van der Waals surface area contributed by atoms with Crippen LogP contribution in [0.2, 0.25) is 0 Å². The largest absolute Gasteiger partial charge is 0.469 e. The number of furan rings is 1. The van der Waals surface area contributed by atoms with Crippen molar-refractivity contribution in [2.24, 2.45) is 0 Å². The third kappa shape index (κ3) is 4.18. The predicted octanol–water partition coefficient (Wildman–Crippen LogP) is 1.17. The Morgan fingerprint density at radius 1 is 1.09 bits per heavy atom. The molecule has 2 aromatic rings. The summed E-state index contributed by atoms with van der Waals surface area (Å²) >= 11 is 0. The third-order valence-corrected chi connectivity index (χ3v) is 4.15. The minimum atomic E-state index is -3.93. The average Bonchev–Trinajstić information content (AvgIpc) is 2.91. The second-order valence-corrected chi connectivity index (χ2v) is 6.34. The number of benzene rings is 1. The molecule has 0 spiro atoms. The van der Waals surface area contributed by atoms with Gasteiger partial charge >= 0.3 is 0 Å². The second-order valence-electron chi connectivity index (χ2n) is 4.66. The van der Waals surface area contributed by atoms with Gasteiger partial charge in [-0.3, -0.25) is 15.0 Å². The van der Waals surface area contributed by atoms with Crippen LogP contribution in [0, 0.1) is 6.92 Å². The zero-order chi connectivity index (χ0) is 17.0. The van der Waals surface area contributed by atoms with E-state index in [4.69, 9.17) is 4.42 Å². The monoisotopic (exact) mass is 337 g/mol. The maximum absolute atomic E-state index is 12.1. The van der Waals surface area contributed by atoms with E-state index in [9.17, 15) is 18.0 Å². The first-order valence-corrected chi connectivity index (χ1v) is 8.02. The first-order valence-electron chi connectivity index (χ1n) is 6.53. The zero-order valence-corrected chi connectivity index (χ0v) is 13.2. The van der Waals surface area contributed by atoms with Gasteiger partial charge < -0.3 is 9.73 Å². The number of aryl methyl sites for hydroxylation is 1. The minimum absolute atomic E-state index is 0.0594. The molecule has 0 radical (unpaired) electrons. The molecule has 0 fully saturated rings. The molecule has 0 aliphatic carbocycles. The van der Waals surface area contributed by atoms with Crippen molar-refractivity contribution in [2.45, 2.75) is 18.7 Å². The summed E-state index contributed by atoms with van der Waals surface area (Å²) in [4.78, 5) is 24.7. The summed E-state index contributed by atoms with van der Waals surface area (Å²) < 4.78 is 29.2. The second kappa shape index (κ2) is 6.63. The van der Waals surface area contributed by atoms with Crippen LogP contribution in [0.25, 0.3) is 0 Å². The van der Waals surface area contributed by atoms with Gasteiger partial charge in [0.05, 0.1) is 16.7 Å². The van der Waals surface area contributed by atoms with E-state index in [-0.39, 0.29) is 16.4 Å². The van der Waals surface area contributed by atoms with Gasteiger partial charge in [-0.25, -0.2) is 8.42 Å². The van der Waals surface area contributed by atoms with Crippen LogP contribution in [-0.2, 0) is 14.8 Å². The number of sulfonamides is 1. The number of hydrazine groups is 1. The van der Waals surface area contributed by atoms with Crippen LogP contribution in [0.4, 0.5) is 5.69 Å². The van der Waals surface area contributed by atoms with E-state index in [1.165, 1.54) is 43.5 Å². The highest BCUT2D eigenvalue weighted by atomic mass is 32.2. The number of carbonyl (C=O) groups is 2. The Hall–Kier alpha value is -2.65. The molecule has 8 nitrogen and oxygen atoms in total. The number of hydrogen-bond donors (Lipinski definition) is 3. The standard InChI is InChI=1S/C14H15N3O5S/c1-9-13(7-8-22-9)14(19)16-17-23(20,21)12-5-3-11(4-6-12)15-10(2)18/h3-8,17H,1-2H3,(H,15,18)(H,16,19). The molecule has 23 heavy (non-hydrogen) atoms. The molecular formula is C14H15N3O5S. The molecule has 0 saturated carbocycles. The van der Waals surface area contributed by atoms with Gasteiger partial charge in [-0.1, -0.05) is 0 Å². The van der Waals surface area contributed by atoms with Gasteiger partial charge in [0.2, 0.25) is 5.91 Å². The molecule has 1 aromatic heterocycles. The molecule has 1 aromatic carbocycles. The quantitative estimate of drug-likeness (QED) is 0.708. The normalized spacial score (nSPS) is 11.0. The van der Waals surface area contributed by atoms with Crippen LogP contribution < -0.4 is 15.6 Å². The van der Waals surface area contributed by atoms with Crippen molar-refractivity contribution in [1.29, 1.82) is 0 Å². The highest BCUT2D eigenvalue weighted by Crippen LogP contribution is 2.14. The Morgan fingerprint density at radius 3 is 2.26 bits per heavy atom. The fraction of sp³-hybridized carbons (Fsp3) is 0.143. The Kier molecular flexibility index (Phi) is 4.82. The number of nitrogens with one attached hydrogen (secondary N) is 3. The van der Waals surface area contributed by atoms with Gasteiger partial charge in [0.25, 0.3) is 15.9 Å². The topological polar surface area (TPSA) is 118 Å². The van der Waals surface area contributed by atoms with Gasteiger partial charge in [0.15, 0.2) is 0 Å². The van der Waals surface area contributed by atoms with Gasteiger partial charge in [-0.05, 0) is 37.3 Å². The molecule has 0 saturated heterocycles. The van der Waals surface area contributed by atoms with Crippen LogP contribution in [0.1, 0.15) is 23.0 Å². The SMILES string of the molecule is CC(=O)Nc1ccc(S(=O)(=O)NNC(=O)c2ccoc2C)cc1.